The third-order valence-corrected chi connectivity index (χ3v) is 4.36. The van der Waals surface area contributed by atoms with Crippen LogP contribution in [-0.4, -0.2) is 38.5 Å². The summed E-state index contributed by atoms with van der Waals surface area (Å²) in [6.45, 7) is 4.11. The van der Waals surface area contributed by atoms with Crippen molar-refractivity contribution in [1.29, 1.82) is 0 Å². The van der Waals surface area contributed by atoms with Gasteiger partial charge in [0.25, 0.3) is 0 Å². The smallest absolute Gasteiger partial charge is 0.219 e. The molecule has 5 heteroatoms. The second-order valence-corrected chi connectivity index (χ2v) is 6.13. The lowest BCUT2D eigenvalue weighted by Gasteiger charge is -2.25. The molecule has 1 aromatic rings. The van der Waals surface area contributed by atoms with Crippen molar-refractivity contribution in [2.24, 2.45) is 0 Å². The van der Waals surface area contributed by atoms with Crippen LogP contribution in [-0.2, 0) is 4.79 Å². The van der Waals surface area contributed by atoms with E-state index in [-0.39, 0.29) is 5.91 Å². The minimum Gasteiger partial charge on any atom is -0.361 e. The van der Waals surface area contributed by atoms with Gasteiger partial charge in [0.2, 0.25) is 5.91 Å². The zero-order valence-electron chi connectivity index (χ0n) is 10.8. The number of rotatable bonds is 1. The largest absolute Gasteiger partial charge is 0.361 e. The van der Waals surface area contributed by atoms with E-state index in [1.165, 1.54) is 21.7 Å². The van der Waals surface area contributed by atoms with Crippen molar-refractivity contribution in [3.05, 3.63) is 28.4 Å². The first-order valence-electron chi connectivity index (χ1n) is 6.42. The Balaban J connectivity index is 1.96. The molecule has 0 bridgehead atoms. The van der Waals surface area contributed by atoms with Crippen LogP contribution in [0.1, 0.15) is 18.9 Å². The third kappa shape index (κ3) is 2.43. The quantitative estimate of drug-likeness (QED) is 0.589. The van der Waals surface area contributed by atoms with Crippen molar-refractivity contribution in [3.63, 3.8) is 0 Å². The van der Waals surface area contributed by atoms with E-state index in [1.807, 2.05) is 4.90 Å². The van der Waals surface area contributed by atoms with E-state index in [4.69, 9.17) is 0 Å². The number of hydrogen-bond donors (Lipinski definition) is 1. The van der Waals surface area contributed by atoms with Gasteiger partial charge in [-0.1, -0.05) is 6.08 Å². The molecule has 0 aliphatic carbocycles. The normalized spacial score (nSPS) is 18.3. The molecule has 1 amide bonds. The summed E-state index contributed by atoms with van der Waals surface area (Å²) in [4.78, 5) is 16.6. The van der Waals surface area contributed by atoms with Gasteiger partial charge in [0, 0.05) is 55.1 Å². The van der Waals surface area contributed by atoms with Crippen molar-refractivity contribution in [2.45, 2.75) is 13.3 Å². The zero-order chi connectivity index (χ0) is 13.4. The number of nitrogens with one attached hydrogen (secondary N) is 1. The summed E-state index contributed by atoms with van der Waals surface area (Å²) in [5.41, 5.74) is 2.61. The van der Waals surface area contributed by atoms with Crippen LogP contribution in [0, 0.1) is 0 Å². The summed E-state index contributed by atoms with van der Waals surface area (Å²) in [7, 11) is 0. The SMILES string of the molecule is CC(=O)N1CC=C(c2c[nH]c3c2=CN(I)CC=3)CC1. The molecule has 0 spiro atoms. The maximum absolute atomic E-state index is 11.3. The number of amides is 1. The van der Waals surface area contributed by atoms with Gasteiger partial charge in [-0.3, -0.25) is 4.79 Å². The Morgan fingerprint density at radius 2 is 2.21 bits per heavy atom. The molecule has 1 aromatic heterocycles. The van der Waals surface area contributed by atoms with Crippen LogP contribution in [0.25, 0.3) is 17.8 Å². The van der Waals surface area contributed by atoms with Gasteiger partial charge in [-0.15, -0.1) is 0 Å². The fourth-order valence-electron chi connectivity index (χ4n) is 2.60. The van der Waals surface area contributed by atoms with Gasteiger partial charge in [-0.2, -0.15) is 0 Å². The van der Waals surface area contributed by atoms with Crippen LogP contribution >= 0.6 is 22.9 Å². The van der Waals surface area contributed by atoms with E-state index in [9.17, 15) is 4.79 Å². The van der Waals surface area contributed by atoms with Gasteiger partial charge >= 0.3 is 0 Å². The Labute approximate surface area is 126 Å². The summed E-state index contributed by atoms with van der Waals surface area (Å²) in [5, 5.41) is 2.47. The van der Waals surface area contributed by atoms with E-state index >= 15 is 0 Å². The molecule has 0 atom stereocenters. The van der Waals surface area contributed by atoms with Crippen LogP contribution in [0.4, 0.5) is 0 Å². The first-order chi connectivity index (χ1) is 9.15. The first-order valence-corrected chi connectivity index (χ1v) is 7.38. The lowest BCUT2D eigenvalue weighted by Crippen LogP contribution is -2.35. The molecule has 0 unspecified atom stereocenters. The van der Waals surface area contributed by atoms with Crippen LogP contribution in [0.15, 0.2) is 12.3 Å². The molecule has 19 heavy (non-hydrogen) atoms. The summed E-state index contributed by atoms with van der Waals surface area (Å²) in [5.74, 6) is 0.157. The molecule has 0 radical (unpaired) electrons. The highest BCUT2D eigenvalue weighted by atomic mass is 127. The highest BCUT2D eigenvalue weighted by Crippen LogP contribution is 2.19. The van der Waals surface area contributed by atoms with Crippen molar-refractivity contribution in [1.82, 2.24) is 13.0 Å². The molecule has 0 aromatic carbocycles. The van der Waals surface area contributed by atoms with Gasteiger partial charge in [0.05, 0.1) is 22.9 Å². The third-order valence-electron chi connectivity index (χ3n) is 3.69. The van der Waals surface area contributed by atoms with Gasteiger partial charge < -0.3 is 13.0 Å². The van der Waals surface area contributed by atoms with Gasteiger partial charge in [0.1, 0.15) is 0 Å². The lowest BCUT2D eigenvalue weighted by molar-refractivity contribution is -0.128. The number of nitrogens with zero attached hydrogens (tertiary/aromatic N) is 2. The summed E-state index contributed by atoms with van der Waals surface area (Å²) >= 11 is 2.31. The van der Waals surface area contributed by atoms with Crippen LogP contribution in [0.3, 0.4) is 0 Å². The number of carbonyl (C=O) groups excluding carboxylic acids is 1. The van der Waals surface area contributed by atoms with E-state index in [0.29, 0.717) is 0 Å². The summed E-state index contributed by atoms with van der Waals surface area (Å²) < 4.78 is 2.16. The molecule has 3 heterocycles. The van der Waals surface area contributed by atoms with E-state index in [2.05, 4.69) is 55.5 Å². The first kappa shape index (κ1) is 12.8. The number of H-pyrrole nitrogens is 1. The molecule has 100 valence electrons. The average Bonchev–Trinajstić information content (AvgIpc) is 2.81. The molecule has 3 rings (SSSR count). The number of halogens is 1. The fraction of sp³-hybridized carbons (Fsp3) is 0.357. The van der Waals surface area contributed by atoms with E-state index in [1.54, 1.807) is 6.92 Å². The molecule has 1 N–H and O–H groups in total. The minimum atomic E-state index is 0.157. The molecular formula is C14H16IN3O. The highest BCUT2D eigenvalue weighted by Gasteiger charge is 2.16. The Hall–Kier alpha value is -1.24. The predicted octanol–water partition coefficient (Wildman–Crippen LogP) is 0.834. The van der Waals surface area contributed by atoms with Gasteiger partial charge in [-0.25, -0.2) is 0 Å². The maximum Gasteiger partial charge on any atom is 0.219 e. The molecule has 0 fully saturated rings. The second-order valence-electron chi connectivity index (χ2n) is 4.89. The predicted molar refractivity (Wildman–Crippen MR) is 84.5 cm³/mol. The topological polar surface area (TPSA) is 39.3 Å². The molecule has 2 aliphatic rings. The lowest BCUT2D eigenvalue weighted by atomic mass is 10.0. The molecule has 0 saturated carbocycles. The zero-order valence-corrected chi connectivity index (χ0v) is 13.0. The summed E-state index contributed by atoms with van der Waals surface area (Å²) in [6.07, 6.45) is 9.58. The number of fused-ring (bicyclic) bond motifs is 1. The van der Waals surface area contributed by atoms with Crippen LogP contribution < -0.4 is 10.6 Å². The van der Waals surface area contributed by atoms with Gasteiger partial charge in [0.15, 0.2) is 0 Å². The number of aromatic amines is 1. The Bertz CT molecular complexity index is 659. The monoisotopic (exact) mass is 369 g/mol. The Kier molecular flexibility index (Phi) is 3.38. The minimum absolute atomic E-state index is 0.157. The second kappa shape index (κ2) is 5.03. The summed E-state index contributed by atoms with van der Waals surface area (Å²) in [6, 6.07) is 0. The molecule has 2 aliphatic heterocycles. The number of carbonyl (C=O) groups is 1. The van der Waals surface area contributed by atoms with Crippen molar-refractivity contribution in [3.8, 4) is 0 Å². The number of hydrogen-bond acceptors (Lipinski definition) is 2. The maximum atomic E-state index is 11.3. The fourth-order valence-corrected chi connectivity index (χ4v) is 3.07. The molecule has 0 saturated heterocycles. The van der Waals surface area contributed by atoms with Crippen LogP contribution in [0.2, 0.25) is 0 Å². The molecule has 4 nitrogen and oxygen atoms in total. The Morgan fingerprint density at radius 1 is 1.37 bits per heavy atom. The number of aromatic nitrogens is 1. The van der Waals surface area contributed by atoms with Crippen molar-refractivity contribution in [2.75, 3.05) is 19.6 Å². The van der Waals surface area contributed by atoms with Crippen molar-refractivity contribution < 1.29 is 4.79 Å². The van der Waals surface area contributed by atoms with E-state index < -0.39 is 0 Å². The highest BCUT2D eigenvalue weighted by molar-refractivity contribution is 14.1. The van der Waals surface area contributed by atoms with E-state index in [0.717, 1.165) is 26.1 Å². The standard InChI is InChI=1S/C14H16IN3O/c1-10(19)17-5-2-11(3-6-17)12-8-16-14-4-7-18(15)9-13(12)14/h2,4,8-9,16H,3,5-7H2,1H3. The average molecular weight is 369 g/mol. The molecular weight excluding hydrogens is 353 g/mol. The van der Waals surface area contributed by atoms with Gasteiger partial charge in [-0.05, 0) is 18.1 Å². The Morgan fingerprint density at radius 3 is 2.89 bits per heavy atom. The van der Waals surface area contributed by atoms with Crippen LogP contribution in [0.5, 0.6) is 0 Å². The van der Waals surface area contributed by atoms with Crippen molar-refractivity contribution >= 4 is 46.6 Å².